The molecular formula is C12H14ClNO5S. The number of hydrogen-bond donors (Lipinski definition) is 2. The second-order valence-electron chi connectivity index (χ2n) is 4.60. The monoisotopic (exact) mass is 319 g/mol. The Morgan fingerprint density at radius 1 is 1.45 bits per heavy atom. The molecule has 6 nitrogen and oxygen atoms in total. The molecule has 1 fully saturated rings. The molecule has 2 N–H and O–H groups in total. The minimum atomic E-state index is -3.84. The quantitative estimate of drug-likeness (QED) is 0.858. The van der Waals surface area contributed by atoms with E-state index in [0.717, 1.165) is 6.07 Å². The molecule has 1 saturated carbocycles. The van der Waals surface area contributed by atoms with E-state index in [-0.39, 0.29) is 27.6 Å². The van der Waals surface area contributed by atoms with Crippen molar-refractivity contribution in [2.75, 3.05) is 7.11 Å². The Bertz CT molecular complexity index is 625. The number of carboxylic acids is 1. The number of rotatable bonds is 5. The summed E-state index contributed by atoms with van der Waals surface area (Å²) in [5.74, 6) is -1.21. The summed E-state index contributed by atoms with van der Waals surface area (Å²) in [4.78, 5) is 10.7. The predicted octanol–water partition coefficient (Wildman–Crippen LogP) is 1.49. The highest BCUT2D eigenvalue weighted by Gasteiger charge is 2.33. The molecule has 0 aromatic heterocycles. The van der Waals surface area contributed by atoms with Crippen molar-refractivity contribution in [3.8, 4) is 0 Å². The van der Waals surface area contributed by atoms with Gasteiger partial charge in [0.1, 0.15) is 4.90 Å². The van der Waals surface area contributed by atoms with Gasteiger partial charge in [-0.2, -0.15) is 0 Å². The lowest BCUT2D eigenvalue weighted by Gasteiger charge is -2.34. The van der Waals surface area contributed by atoms with E-state index < -0.39 is 16.0 Å². The van der Waals surface area contributed by atoms with Crippen LogP contribution in [0.5, 0.6) is 0 Å². The third kappa shape index (κ3) is 3.12. The third-order valence-electron chi connectivity index (χ3n) is 3.22. The minimum absolute atomic E-state index is 0.00915. The zero-order chi connectivity index (χ0) is 14.9. The van der Waals surface area contributed by atoms with Crippen molar-refractivity contribution in [1.82, 2.24) is 4.72 Å². The van der Waals surface area contributed by atoms with Crippen LogP contribution in [0.25, 0.3) is 0 Å². The fraction of sp³-hybridized carbons (Fsp3) is 0.417. The second-order valence-corrected chi connectivity index (χ2v) is 6.69. The maximum atomic E-state index is 12.2. The Balaban J connectivity index is 2.21. The average molecular weight is 320 g/mol. The van der Waals surface area contributed by atoms with Gasteiger partial charge in [-0.15, -0.1) is 0 Å². The van der Waals surface area contributed by atoms with Crippen LogP contribution in [0.1, 0.15) is 23.2 Å². The molecule has 0 heterocycles. The highest BCUT2D eigenvalue weighted by Crippen LogP contribution is 2.27. The lowest BCUT2D eigenvalue weighted by atomic mass is 9.90. The molecule has 1 aromatic carbocycles. The van der Waals surface area contributed by atoms with E-state index in [9.17, 15) is 13.2 Å². The van der Waals surface area contributed by atoms with Gasteiger partial charge in [0, 0.05) is 13.2 Å². The lowest BCUT2D eigenvalue weighted by molar-refractivity contribution is 0.0236. The Kier molecular flexibility index (Phi) is 4.33. The standard InChI is InChI=1S/C12H14ClNO5S/c1-19-9-5-8(6-9)14-20(17,18)11-4-7(12(15)16)2-3-10(11)13/h2-4,8-9,14H,5-6H2,1H3,(H,15,16). The first-order valence-electron chi connectivity index (χ1n) is 5.91. The molecule has 0 atom stereocenters. The molecule has 1 aromatic rings. The molecule has 0 bridgehead atoms. The Hall–Kier alpha value is -1.15. The first kappa shape index (κ1) is 15.2. The Labute approximate surface area is 121 Å². The van der Waals surface area contributed by atoms with E-state index >= 15 is 0 Å². The van der Waals surface area contributed by atoms with E-state index in [1.54, 1.807) is 7.11 Å². The zero-order valence-electron chi connectivity index (χ0n) is 10.7. The number of sulfonamides is 1. The summed E-state index contributed by atoms with van der Waals surface area (Å²) >= 11 is 5.85. The van der Waals surface area contributed by atoms with Crippen LogP contribution in [0, 0.1) is 0 Å². The molecule has 0 saturated heterocycles. The molecule has 2 rings (SSSR count). The van der Waals surface area contributed by atoms with Crippen LogP contribution < -0.4 is 4.72 Å². The van der Waals surface area contributed by atoms with E-state index in [1.807, 2.05) is 0 Å². The minimum Gasteiger partial charge on any atom is -0.478 e. The molecular weight excluding hydrogens is 306 g/mol. The highest BCUT2D eigenvalue weighted by molar-refractivity contribution is 7.89. The number of aromatic carboxylic acids is 1. The fourth-order valence-corrected chi connectivity index (χ4v) is 3.77. The molecule has 0 amide bonds. The van der Waals surface area contributed by atoms with Crippen molar-refractivity contribution < 1.29 is 23.1 Å². The Morgan fingerprint density at radius 2 is 2.10 bits per heavy atom. The van der Waals surface area contributed by atoms with Crippen LogP contribution in [-0.2, 0) is 14.8 Å². The SMILES string of the molecule is COC1CC(NS(=O)(=O)c2cc(C(=O)O)ccc2Cl)C1. The van der Waals surface area contributed by atoms with Gasteiger partial charge in [0.15, 0.2) is 0 Å². The zero-order valence-corrected chi connectivity index (χ0v) is 12.2. The molecule has 0 unspecified atom stereocenters. The van der Waals surface area contributed by atoms with Gasteiger partial charge >= 0.3 is 5.97 Å². The number of benzene rings is 1. The van der Waals surface area contributed by atoms with Crippen molar-refractivity contribution in [3.63, 3.8) is 0 Å². The fourth-order valence-electron chi connectivity index (χ4n) is 1.98. The van der Waals surface area contributed by atoms with Gasteiger partial charge in [-0.05, 0) is 31.0 Å². The number of nitrogens with one attached hydrogen (secondary N) is 1. The van der Waals surface area contributed by atoms with Crippen molar-refractivity contribution in [1.29, 1.82) is 0 Å². The summed E-state index contributed by atoms with van der Waals surface area (Å²) in [6.07, 6.45) is 1.24. The summed E-state index contributed by atoms with van der Waals surface area (Å²) in [7, 11) is -2.27. The van der Waals surface area contributed by atoms with Crippen molar-refractivity contribution in [3.05, 3.63) is 28.8 Å². The average Bonchev–Trinajstić information content (AvgIpc) is 2.33. The number of halogens is 1. The predicted molar refractivity (Wildman–Crippen MR) is 72.6 cm³/mol. The van der Waals surface area contributed by atoms with E-state index in [4.69, 9.17) is 21.4 Å². The molecule has 0 aliphatic heterocycles. The Morgan fingerprint density at radius 3 is 2.65 bits per heavy atom. The molecule has 0 spiro atoms. The van der Waals surface area contributed by atoms with Crippen LogP contribution in [0.2, 0.25) is 5.02 Å². The third-order valence-corrected chi connectivity index (χ3v) is 5.22. The largest absolute Gasteiger partial charge is 0.478 e. The number of ether oxygens (including phenoxy) is 1. The van der Waals surface area contributed by atoms with E-state index in [0.29, 0.717) is 12.8 Å². The van der Waals surface area contributed by atoms with Crippen LogP contribution in [0.15, 0.2) is 23.1 Å². The molecule has 1 aliphatic carbocycles. The van der Waals surface area contributed by atoms with Crippen molar-refractivity contribution >= 4 is 27.6 Å². The van der Waals surface area contributed by atoms with Gasteiger partial charge in [0.2, 0.25) is 10.0 Å². The maximum absolute atomic E-state index is 12.2. The lowest BCUT2D eigenvalue weighted by Crippen LogP contribution is -2.47. The van der Waals surface area contributed by atoms with Crippen molar-refractivity contribution in [2.24, 2.45) is 0 Å². The molecule has 0 radical (unpaired) electrons. The van der Waals surface area contributed by atoms with Crippen LogP contribution in [-0.4, -0.2) is 38.7 Å². The van der Waals surface area contributed by atoms with E-state index in [2.05, 4.69) is 4.72 Å². The van der Waals surface area contributed by atoms with Gasteiger partial charge in [0.25, 0.3) is 0 Å². The normalized spacial score (nSPS) is 22.3. The number of hydrogen-bond acceptors (Lipinski definition) is 4. The number of carboxylic acid groups (broad SMARTS) is 1. The number of methoxy groups -OCH3 is 1. The van der Waals surface area contributed by atoms with Crippen LogP contribution >= 0.6 is 11.6 Å². The summed E-state index contributed by atoms with van der Waals surface area (Å²) in [6, 6.07) is 3.36. The first-order valence-corrected chi connectivity index (χ1v) is 7.77. The van der Waals surface area contributed by atoms with Crippen LogP contribution in [0.3, 0.4) is 0 Å². The topological polar surface area (TPSA) is 92.7 Å². The summed E-state index contributed by atoms with van der Waals surface area (Å²) in [5, 5.41) is 8.89. The summed E-state index contributed by atoms with van der Waals surface area (Å²) in [5.41, 5.74) is -0.127. The van der Waals surface area contributed by atoms with Gasteiger partial charge in [0.05, 0.1) is 16.7 Å². The van der Waals surface area contributed by atoms with Crippen LogP contribution in [0.4, 0.5) is 0 Å². The van der Waals surface area contributed by atoms with Gasteiger partial charge in [-0.25, -0.2) is 17.9 Å². The number of carbonyl (C=O) groups is 1. The van der Waals surface area contributed by atoms with E-state index in [1.165, 1.54) is 12.1 Å². The first-order chi connectivity index (χ1) is 9.33. The smallest absolute Gasteiger partial charge is 0.335 e. The van der Waals surface area contributed by atoms with Gasteiger partial charge in [-0.3, -0.25) is 0 Å². The van der Waals surface area contributed by atoms with Gasteiger partial charge < -0.3 is 9.84 Å². The molecule has 8 heteroatoms. The summed E-state index contributed by atoms with van der Waals surface area (Å²) in [6.45, 7) is 0. The highest BCUT2D eigenvalue weighted by atomic mass is 35.5. The molecule has 110 valence electrons. The van der Waals surface area contributed by atoms with Gasteiger partial charge in [-0.1, -0.05) is 11.6 Å². The second kappa shape index (κ2) is 5.69. The van der Waals surface area contributed by atoms with Crippen molar-refractivity contribution in [2.45, 2.75) is 29.9 Å². The molecule has 20 heavy (non-hydrogen) atoms. The summed E-state index contributed by atoms with van der Waals surface area (Å²) < 4.78 is 32.0. The molecule has 1 aliphatic rings. The maximum Gasteiger partial charge on any atom is 0.335 e.